The smallest absolute Gasteiger partial charge is 0.320 e. The molecule has 1 aromatic rings. The molecule has 1 amide bonds. The second-order valence-electron chi connectivity index (χ2n) is 5.10. The number of carbonyl (C=O) groups excluding carboxylic acids is 1. The van der Waals surface area contributed by atoms with Gasteiger partial charge in [0.1, 0.15) is 0 Å². The van der Waals surface area contributed by atoms with Crippen LogP contribution in [-0.4, -0.2) is 29.3 Å². The fourth-order valence-electron chi connectivity index (χ4n) is 2.23. The number of hydrogen-bond acceptors (Lipinski definition) is 6. The molecule has 1 aliphatic rings. The molecule has 0 radical (unpaired) electrons. The molecule has 1 unspecified atom stereocenters. The van der Waals surface area contributed by atoms with E-state index in [0.29, 0.717) is 24.4 Å². The highest BCUT2D eigenvalue weighted by atomic mass is 32.2. The minimum Gasteiger partial charge on any atom is -0.320 e. The maximum Gasteiger partial charge on any atom is 0.416 e. The van der Waals surface area contributed by atoms with Crippen molar-refractivity contribution in [1.82, 2.24) is 15.0 Å². The highest BCUT2D eigenvalue weighted by Crippen LogP contribution is 2.34. The standard InChI is InChI=1S/C13H17F3N6OS/c14-13(15,16)9-2-1-3-10(6-9)24-22-5-4-8(7-22)11(23)19-12(20-17)21-18/h1-3,6,8H,4-5,7,17-18H2,(H2,19,20,21,23). The number of nitrogens with two attached hydrogens (primary N) is 2. The molecule has 0 aromatic heterocycles. The van der Waals surface area contributed by atoms with E-state index in [1.165, 1.54) is 18.0 Å². The zero-order chi connectivity index (χ0) is 17.7. The van der Waals surface area contributed by atoms with Crippen LogP contribution in [0.5, 0.6) is 0 Å². The lowest BCUT2D eigenvalue weighted by Crippen LogP contribution is -2.47. The Morgan fingerprint density at radius 1 is 1.42 bits per heavy atom. The lowest BCUT2D eigenvalue weighted by Gasteiger charge is -2.16. The number of nitrogens with zero attached hydrogens (tertiary/aromatic N) is 2. The number of alkyl halides is 3. The summed E-state index contributed by atoms with van der Waals surface area (Å²) in [4.78, 5) is 12.5. The summed E-state index contributed by atoms with van der Waals surface area (Å²) in [5.74, 6) is 9.48. The second-order valence-corrected chi connectivity index (χ2v) is 6.27. The largest absolute Gasteiger partial charge is 0.416 e. The van der Waals surface area contributed by atoms with Crippen LogP contribution in [0.1, 0.15) is 12.0 Å². The summed E-state index contributed by atoms with van der Waals surface area (Å²) in [6.07, 6.45) is -3.81. The molecule has 24 heavy (non-hydrogen) atoms. The van der Waals surface area contributed by atoms with E-state index in [-0.39, 0.29) is 17.8 Å². The number of hydrazine groups is 1. The molecular weight excluding hydrogens is 345 g/mol. The van der Waals surface area contributed by atoms with Crippen LogP contribution in [-0.2, 0) is 11.0 Å². The Morgan fingerprint density at radius 3 is 2.79 bits per heavy atom. The van der Waals surface area contributed by atoms with Gasteiger partial charge in [0.15, 0.2) is 0 Å². The molecule has 0 saturated carbocycles. The molecule has 11 heteroatoms. The molecular formula is C13H17F3N6OS. The summed E-state index contributed by atoms with van der Waals surface area (Å²) in [6.45, 7) is 0.972. The molecule has 6 N–H and O–H groups in total. The number of halogens is 3. The van der Waals surface area contributed by atoms with Crippen molar-refractivity contribution in [3.05, 3.63) is 29.8 Å². The van der Waals surface area contributed by atoms with Gasteiger partial charge in [-0.05, 0) is 36.6 Å². The maximum absolute atomic E-state index is 12.7. The third-order valence-electron chi connectivity index (χ3n) is 3.43. The van der Waals surface area contributed by atoms with Gasteiger partial charge in [0.2, 0.25) is 11.9 Å². The first kappa shape index (κ1) is 18.4. The van der Waals surface area contributed by atoms with E-state index in [2.05, 4.69) is 15.8 Å². The van der Waals surface area contributed by atoms with Gasteiger partial charge in [0.25, 0.3) is 0 Å². The van der Waals surface area contributed by atoms with Crippen molar-refractivity contribution in [3.63, 3.8) is 0 Å². The van der Waals surface area contributed by atoms with Gasteiger partial charge in [0.05, 0.1) is 11.5 Å². The van der Waals surface area contributed by atoms with Crippen LogP contribution in [0.3, 0.4) is 0 Å². The fraction of sp³-hybridized carbons (Fsp3) is 0.385. The summed E-state index contributed by atoms with van der Waals surface area (Å²) in [5.41, 5.74) is 1.45. The van der Waals surface area contributed by atoms with Crippen molar-refractivity contribution in [2.45, 2.75) is 17.5 Å². The first-order chi connectivity index (χ1) is 11.3. The number of hydrazone groups is 1. The van der Waals surface area contributed by atoms with Gasteiger partial charge in [-0.3, -0.25) is 15.5 Å². The van der Waals surface area contributed by atoms with Gasteiger partial charge in [-0.25, -0.2) is 10.1 Å². The van der Waals surface area contributed by atoms with Crippen LogP contribution in [0.4, 0.5) is 13.2 Å². The molecule has 2 rings (SSSR count). The Labute approximate surface area is 140 Å². The molecule has 0 aliphatic carbocycles. The molecule has 0 bridgehead atoms. The topological polar surface area (TPSA) is 109 Å². The Morgan fingerprint density at radius 2 is 2.17 bits per heavy atom. The van der Waals surface area contributed by atoms with E-state index in [4.69, 9.17) is 11.7 Å². The van der Waals surface area contributed by atoms with Crippen LogP contribution in [0.25, 0.3) is 0 Å². The molecule has 1 aliphatic heterocycles. The summed E-state index contributed by atoms with van der Waals surface area (Å²) in [7, 11) is 0. The SMILES string of the molecule is N/N=C(\NN)NC(=O)C1CCN(Sc2cccc(C(F)(F)F)c2)C1. The van der Waals surface area contributed by atoms with E-state index in [1.807, 2.05) is 4.31 Å². The van der Waals surface area contributed by atoms with Crippen LogP contribution in [0.2, 0.25) is 0 Å². The first-order valence-electron chi connectivity index (χ1n) is 6.99. The molecule has 1 aromatic carbocycles. The average Bonchev–Trinajstić information content (AvgIpc) is 3.00. The number of guanidine groups is 1. The lowest BCUT2D eigenvalue weighted by molar-refractivity contribution is -0.137. The number of hydrogen-bond donors (Lipinski definition) is 4. The van der Waals surface area contributed by atoms with E-state index < -0.39 is 11.7 Å². The van der Waals surface area contributed by atoms with Gasteiger partial charge < -0.3 is 5.84 Å². The zero-order valence-corrected chi connectivity index (χ0v) is 13.3. The summed E-state index contributed by atoms with van der Waals surface area (Å²) < 4.78 is 40.0. The second kappa shape index (κ2) is 7.73. The molecule has 1 fully saturated rings. The third-order valence-corrected chi connectivity index (χ3v) is 4.48. The van der Waals surface area contributed by atoms with E-state index >= 15 is 0 Å². The van der Waals surface area contributed by atoms with Crippen molar-refractivity contribution >= 4 is 23.8 Å². The van der Waals surface area contributed by atoms with Crippen LogP contribution in [0, 0.1) is 5.92 Å². The zero-order valence-electron chi connectivity index (χ0n) is 12.5. The van der Waals surface area contributed by atoms with Crippen LogP contribution in [0.15, 0.2) is 34.3 Å². The number of benzene rings is 1. The highest BCUT2D eigenvalue weighted by molar-refractivity contribution is 7.97. The lowest BCUT2D eigenvalue weighted by atomic mass is 10.1. The number of amides is 1. The van der Waals surface area contributed by atoms with Gasteiger partial charge in [-0.1, -0.05) is 6.07 Å². The summed E-state index contributed by atoms with van der Waals surface area (Å²) in [6, 6.07) is 5.08. The summed E-state index contributed by atoms with van der Waals surface area (Å²) in [5, 5.41) is 5.70. The minimum atomic E-state index is -4.38. The Hall–Kier alpha value is -1.98. The Balaban J connectivity index is 1.94. The van der Waals surface area contributed by atoms with E-state index in [1.54, 1.807) is 6.07 Å². The Bertz CT molecular complexity index is 624. The van der Waals surface area contributed by atoms with Crippen molar-refractivity contribution in [2.24, 2.45) is 22.7 Å². The molecule has 0 spiro atoms. The fourth-order valence-corrected chi connectivity index (χ4v) is 3.30. The molecule has 7 nitrogen and oxygen atoms in total. The van der Waals surface area contributed by atoms with Gasteiger partial charge in [-0.15, -0.1) is 5.10 Å². The summed E-state index contributed by atoms with van der Waals surface area (Å²) >= 11 is 1.19. The van der Waals surface area contributed by atoms with Crippen molar-refractivity contribution in [1.29, 1.82) is 0 Å². The predicted octanol–water partition coefficient (Wildman–Crippen LogP) is 0.844. The van der Waals surface area contributed by atoms with Crippen molar-refractivity contribution in [2.75, 3.05) is 13.1 Å². The molecule has 1 saturated heterocycles. The average molecular weight is 362 g/mol. The van der Waals surface area contributed by atoms with Gasteiger partial charge in [0, 0.05) is 18.0 Å². The van der Waals surface area contributed by atoms with E-state index in [9.17, 15) is 18.0 Å². The normalized spacial score (nSPS) is 19.3. The van der Waals surface area contributed by atoms with Gasteiger partial charge in [-0.2, -0.15) is 13.2 Å². The highest BCUT2D eigenvalue weighted by Gasteiger charge is 2.32. The quantitative estimate of drug-likeness (QED) is 0.209. The number of carbonyl (C=O) groups is 1. The monoisotopic (exact) mass is 362 g/mol. The van der Waals surface area contributed by atoms with Crippen molar-refractivity contribution in [3.8, 4) is 0 Å². The predicted molar refractivity (Wildman–Crippen MR) is 84.1 cm³/mol. The third kappa shape index (κ3) is 4.76. The van der Waals surface area contributed by atoms with E-state index in [0.717, 1.165) is 12.1 Å². The maximum atomic E-state index is 12.7. The number of rotatable bonds is 3. The number of nitrogens with one attached hydrogen (secondary N) is 2. The minimum absolute atomic E-state index is 0.0519. The van der Waals surface area contributed by atoms with Gasteiger partial charge >= 0.3 is 6.18 Å². The van der Waals surface area contributed by atoms with Crippen LogP contribution < -0.4 is 22.4 Å². The molecule has 132 valence electrons. The Kier molecular flexibility index (Phi) is 5.91. The molecule has 1 heterocycles. The van der Waals surface area contributed by atoms with Crippen molar-refractivity contribution < 1.29 is 18.0 Å². The van der Waals surface area contributed by atoms with Crippen LogP contribution >= 0.6 is 11.9 Å². The molecule has 1 atom stereocenters. The first-order valence-corrected chi connectivity index (χ1v) is 7.76.